The van der Waals surface area contributed by atoms with Crippen molar-refractivity contribution >= 4 is 79.6 Å². The monoisotopic (exact) mass is 561 g/mol. The quantitative estimate of drug-likeness (QED) is 0.250. The van der Waals surface area contributed by atoms with E-state index < -0.39 is 12.5 Å². The average Bonchev–Trinajstić information content (AvgIpc) is 3.00. The highest BCUT2D eigenvalue weighted by molar-refractivity contribution is 14.1. The Balaban J connectivity index is 1.50. The van der Waals surface area contributed by atoms with Gasteiger partial charge in [-0.2, -0.15) is 0 Å². The summed E-state index contributed by atoms with van der Waals surface area (Å²) in [4.78, 5) is 24.9. The smallest absolute Gasteiger partial charge is 0.323 e. The normalized spacial score (nSPS) is 15.1. The molecule has 1 heterocycles. The highest BCUT2D eigenvalue weighted by Gasteiger charge is 2.33. The maximum atomic E-state index is 12.4. The fraction of sp³-hybridized carbons (Fsp3) is 0.0870. The summed E-state index contributed by atoms with van der Waals surface area (Å²) < 4.78 is 7.36. The van der Waals surface area contributed by atoms with Crippen LogP contribution in [-0.4, -0.2) is 32.7 Å². The molecular weight excluding hydrogens is 545 g/mol. The van der Waals surface area contributed by atoms with Crippen molar-refractivity contribution in [3.05, 3.63) is 80.3 Å². The van der Waals surface area contributed by atoms with Crippen molar-refractivity contribution in [2.24, 2.45) is 0 Å². The van der Waals surface area contributed by atoms with Crippen molar-refractivity contribution in [3.63, 3.8) is 0 Å². The van der Waals surface area contributed by atoms with Gasteiger partial charge in [0.25, 0.3) is 5.91 Å². The van der Waals surface area contributed by atoms with Gasteiger partial charge in [-0.3, -0.25) is 14.5 Å². The second kappa shape index (κ2) is 9.37. The van der Waals surface area contributed by atoms with Gasteiger partial charge in [-0.25, -0.2) is 0 Å². The molecule has 0 aliphatic carbocycles. The van der Waals surface area contributed by atoms with Crippen molar-refractivity contribution in [3.8, 4) is 5.75 Å². The summed E-state index contributed by atoms with van der Waals surface area (Å²) >= 11 is 8.53. The number of benzene rings is 3. The molecule has 0 aromatic heterocycles. The molecule has 3 aromatic rings. The minimum atomic E-state index is -1.09. The lowest BCUT2D eigenvalue weighted by molar-refractivity contribution is -0.140. The number of aliphatic carboxylic acids is 1. The summed E-state index contributed by atoms with van der Waals surface area (Å²) in [6.45, 7) is 0.0728. The number of thiocarbonyl (C=S) groups is 1. The zero-order chi connectivity index (χ0) is 22.0. The Labute approximate surface area is 202 Å². The molecule has 5 nitrogen and oxygen atoms in total. The molecule has 1 fully saturated rings. The molecule has 0 bridgehead atoms. The Kier molecular flexibility index (Phi) is 6.59. The number of nitrogens with zero attached hydrogens (tertiary/aromatic N) is 1. The van der Waals surface area contributed by atoms with Gasteiger partial charge in [-0.15, -0.1) is 0 Å². The summed E-state index contributed by atoms with van der Waals surface area (Å²) in [6.07, 6.45) is 1.74. The van der Waals surface area contributed by atoms with Crippen molar-refractivity contribution in [1.29, 1.82) is 0 Å². The zero-order valence-electron chi connectivity index (χ0n) is 16.1. The van der Waals surface area contributed by atoms with E-state index in [2.05, 4.69) is 34.7 Å². The summed E-state index contributed by atoms with van der Waals surface area (Å²) in [5.74, 6) is -0.687. The minimum Gasteiger partial charge on any atom is -0.489 e. The summed E-state index contributed by atoms with van der Waals surface area (Å²) in [5, 5.41) is 11.0. The maximum absolute atomic E-state index is 12.4. The van der Waals surface area contributed by atoms with Crippen molar-refractivity contribution in [2.75, 3.05) is 6.54 Å². The Bertz CT molecular complexity index is 1220. The van der Waals surface area contributed by atoms with E-state index in [4.69, 9.17) is 22.1 Å². The fourth-order valence-electron chi connectivity index (χ4n) is 3.09. The number of hydrogen-bond donors (Lipinski definition) is 1. The lowest BCUT2D eigenvalue weighted by atomic mass is 10.1. The topological polar surface area (TPSA) is 66.8 Å². The van der Waals surface area contributed by atoms with Crippen LogP contribution in [0.15, 0.2) is 65.6 Å². The van der Waals surface area contributed by atoms with E-state index in [-0.39, 0.29) is 10.2 Å². The molecule has 0 unspecified atom stereocenters. The molecule has 1 saturated heterocycles. The molecule has 4 rings (SSSR count). The van der Waals surface area contributed by atoms with Crippen molar-refractivity contribution < 1.29 is 19.4 Å². The van der Waals surface area contributed by atoms with Gasteiger partial charge in [0.05, 0.1) is 4.91 Å². The molecule has 8 heteroatoms. The average molecular weight is 561 g/mol. The van der Waals surface area contributed by atoms with E-state index in [9.17, 15) is 9.59 Å². The van der Waals surface area contributed by atoms with Gasteiger partial charge >= 0.3 is 5.97 Å². The lowest BCUT2D eigenvalue weighted by Crippen LogP contribution is -2.33. The third-order valence-electron chi connectivity index (χ3n) is 4.62. The molecule has 1 aliphatic heterocycles. The molecule has 0 atom stereocenters. The van der Waals surface area contributed by atoms with Crippen LogP contribution in [0.2, 0.25) is 0 Å². The van der Waals surface area contributed by atoms with Crippen LogP contribution < -0.4 is 4.74 Å². The first-order chi connectivity index (χ1) is 14.9. The third-order valence-corrected chi connectivity index (χ3v) is 6.72. The predicted octanol–water partition coefficient (Wildman–Crippen LogP) is 5.31. The summed E-state index contributed by atoms with van der Waals surface area (Å²) in [7, 11) is 0. The molecule has 31 heavy (non-hydrogen) atoms. The van der Waals surface area contributed by atoms with Crippen molar-refractivity contribution in [2.45, 2.75) is 6.61 Å². The molecule has 0 spiro atoms. The van der Waals surface area contributed by atoms with E-state index in [0.29, 0.717) is 11.5 Å². The standard InChI is InChI=1S/C23H16INO4S2/c24-18-6-2-14(3-7-18)13-29-19-8-5-16-9-15(1-4-17(16)11-19)10-20-22(28)25(12-21(26)27)23(30)31-20/h1-11H,12-13H2,(H,26,27)/b20-10-. The van der Waals surface area contributed by atoms with E-state index in [1.54, 1.807) is 6.08 Å². The number of thioether (sulfide) groups is 1. The maximum Gasteiger partial charge on any atom is 0.323 e. The highest BCUT2D eigenvalue weighted by Crippen LogP contribution is 2.33. The van der Waals surface area contributed by atoms with Gasteiger partial charge in [-0.05, 0) is 80.9 Å². The van der Waals surface area contributed by atoms with E-state index in [1.807, 2.05) is 48.5 Å². The highest BCUT2D eigenvalue weighted by atomic mass is 127. The Morgan fingerprint density at radius 3 is 2.55 bits per heavy atom. The summed E-state index contributed by atoms with van der Waals surface area (Å²) in [5.41, 5.74) is 1.95. The summed E-state index contributed by atoms with van der Waals surface area (Å²) in [6, 6.07) is 19.9. The van der Waals surface area contributed by atoms with Gasteiger partial charge in [0, 0.05) is 3.57 Å². The number of carbonyl (C=O) groups is 2. The largest absolute Gasteiger partial charge is 0.489 e. The molecule has 1 aliphatic rings. The van der Waals surface area contributed by atoms with Crippen molar-refractivity contribution in [1.82, 2.24) is 4.90 Å². The Morgan fingerprint density at radius 1 is 1.10 bits per heavy atom. The molecular formula is C23H16INO4S2. The zero-order valence-corrected chi connectivity index (χ0v) is 19.9. The molecule has 156 valence electrons. The first-order valence-electron chi connectivity index (χ1n) is 9.27. The number of fused-ring (bicyclic) bond motifs is 1. The van der Waals surface area contributed by atoms with Crippen LogP contribution in [0.5, 0.6) is 5.75 Å². The first-order valence-corrected chi connectivity index (χ1v) is 11.6. The molecule has 1 N–H and O–H groups in total. The molecule has 3 aromatic carbocycles. The van der Waals surface area contributed by atoms with Gasteiger partial charge in [0.15, 0.2) is 0 Å². The van der Waals surface area contributed by atoms with Crippen LogP contribution in [0.1, 0.15) is 11.1 Å². The number of carboxylic acid groups (broad SMARTS) is 1. The number of hydrogen-bond acceptors (Lipinski definition) is 5. The second-order valence-electron chi connectivity index (χ2n) is 6.85. The van der Waals surface area contributed by atoms with Crippen LogP contribution in [0.3, 0.4) is 0 Å². The second-order valence-corrected chi connectivity index (χ2v) is 9.77. The number of carbonyl (C=O) groups excluding carboxylic acids is 1. The minimum absolute atomic E-state index is 0.259. The predicted molar refractivity (Wildman–Crippen MR) is 135 cm³/mol. The van der Waals surface area contributed by atoms with E-state index >= 15 is 0 Å². The third kappa shape index (κ3) is 5.25. The molecule has 1 amide bonds. The van der Waals surface area contributed by atoms with E-state index in [0.717, 1.165) is 44.3 Å². The van der Waals surface area contributed by atoms with Crippen LogP contribution in [0.25, 0.3) is 16.8 Å². The SMILES string of the molecule is O=C(O)CN1C(=O)/C(=C/c2ccc3cc(OCc4ccc(I)cc4)ccc3c2)SC1=S. The number of carboxylic acids is 1. The lowest BCUT2D eigenvalue weighted by Gasteiger charge is -2.10. The van der Waals surface area contributed by atoms with Gasteiger partial charge < -0.3 is 9.84 Å². The number of amides is 1. The van der Waals surface area contributed by atoms with Crippen LogP contribution in [-0.2, 0) is 16.2 Å². The Morgan fingerprint density at radius 2 is 1.81 bits per heavy atom. The van der Waals surface area contributed by atoms with E-state index in [1.165, 1.54) is 3.57 Å². The van der Waals surface area contributed by atoms with Crippen LogP contribution >= 0.6 is 46.6 Å². The van der Waals surface area contributed by atoms with Crippen LogP contribution in [0, 0.1) is 3.57 Å². The number of halogens is 1. The van der Waals surface area contributed by atoms with Gasteiger partial charge in [0.1, 0.15) is 23.2 Å². The fourth-order valence-corrected chi connectivity index (χ4v) is 4.71. The molecule has 0 saturated carbocycles. The van der Waals surface area contributed by atoms with Gasteiger partial charge in [-0.1, -0.05) is 54.3 Å². The Hall–Kier alpha value is -2.43. The van der Waals surface area contributed by atoms with Gasteiger partial charge in [0.2, 0.25) is 0 Å². The first kappa shape index (κ1) is 21.8. The van der Waals surface area contributed by atoms with Crippen LogP contribution in [0.4, 0.5) is 0 Å². The molecule has 0 radical (unpaired) electrons. The number of rotatable bonds is 6. The number of ether oxygens (including phenoxy) is 1.